The number of carbonyl (C=O) groups excluding carboxylic acids is 1. The lowest BCUT2D eigenvalue weighted by Crippen LogP contribution is -2.46. The van der Waals surface area contributed by atoms with Gasteiger partial charge in [-0.05, 0) is 86.3 Å². The van der Waals surface area contributed by atoms with Crippen LogP contribution in [0.4, 0.5) is 5.69 Å². The molecule has 1 N–H and O–H groups in total. The molecule has 1 fully saturated rings. The van der Waals surface area contributed by atoms with Gasteiger partial charge >= 0.3 is 0 Å². The molecule has 7 nitrogen and oxygen atoms in total. The molecule has 2 aromatic rings. The molecule has 1 saturated heterocycles. The Labute approximate surface area is 251 Å². The van der Waals surface area contributed by atoms with Crippen molar-refractivity contribution in [1.82, 2.24) is 10.2 Å². The molecule has 1 amide bonds. The Morgan fingerprint density at radius 2 is 1.93 bits per heavy atom. The van der Waals surface area contributed by atoms with Gasteiger partial charge < -0.3 is 29.3 Å². The first kappa shape index (κ1) is 31.5. The van der Waals surface area contributed by atoms with E-state index in [0.717, 1.165) is 98.1 Å². The van der Waals surface area contributed by atoms with Crippen LogP contribution in [0.1, 0.15) is 45.1 Å². The number of morpholine rings is 1. The summed E-state index contributed by atoms with van der Waals surface area (Å²) < 4.78 is 17.6. The molecule has 2 aliphatic rings. The van der Waals surface area contributed by atoms with Crippen molar-refractivity contribution in [2.45, 2.75) is 45.6 Å². The minimum atomic E-state index is -0.0622. The van der Waals surface area contributed by atoms with Crippen molar-refractivity contribution in [1.29, 1.82) is 0 Å². The average molecular weight is 574 g/mol. The van der Waals surface area contributed by atoms with Gasteiger partial charge in [0.2, 0.25) is 0 Å². The summed E-state index contributed by atoms with van der Waals surface area (Å²) in [5, 5.41) is 3.02. The van der Waals surface area contributed by atoms with Crippen molar-refractivity contribution in [3.8, 4) is 16.9 Å². The van der Waals surface area contributed by atoms with Crippen LogP contribution in [0.15, 0.2) is 72.5 Å². The van der Waals surface area contributed by atoms with E-state index in [-0.39, 0.29) is 12.0 Å². The number of ether oxygens (including phenoxy) is 3. The summed E-state index contributed by atoms with van der Waals surface area (Å²) in [4.78, 5) is 18.0. The maximum Gasteiger partial charge on any atom is 0.251 e. The molecule has 0 radical (unpaired) electrons. The molecule has 42 heavy (non-hydrogen) atoms. The standard InChI is InChI=1S/C35H47N3O4/c1-5-7-19-40-21-22-42-32-14-11-28(12-15-32)29-13-16-34-31(23-29)24-30(35(39)36-27(3)9-6-2)10-8-17-38(34)26-33-25-37(4)18-20-41-33/h6,9,11-16,23-24,33H,2,5,7-8,10,17-22,25-26H2,1,3-4H3,(H,36,39)/b27-9+,30-24+. The second-order valence-corrected chi connectivity index (χ2v) is 11.1. The Morgan fingerprint density at radius 1 is 1.12 bits per heavy atom. The fourth-order valence-corrected chi connectivity index (χ4v) is 5.36. The summed E-state index contributed by atoms with van der Waals surface area (Å²) in [6.45, 7) is 14.0. The number of fused-ring (bicyclic) bond motifs is 1. The van der Waals surface area contributed by atoms with Gasteiger partial charge in [-0.1, -0.05) is 44.2 Å². The third-order valence-electron chi connectivity index (χ3n) is 7.63. The van der Waals surface area contributed by atoms with E-state index >= 15 is 0 Å². The summed E-state index contributed by atoms with van der Waals surface area (Å²) in [5.41, 5.74) is 5.92. The lowest BCUT2D eigenvalue weighted by Gasteiger charge is -2.36. The summed E-state index contributed by atoms with van der Waals surface area (Å²) >= 11 is 0. The zero-order valence-corrected chi connectivity index (χ0v) is 25.6. The molecule has 1 atom stereocenters. The van der Waals surface area contributed by atoms with E-state index in [1.54, 1.807) is 6.08 Å². The predicted molar refractivity (Wildman–Crippen MR) is 172 cm³/mol. The molecular weight excluding hydrogens is 526 g/mol. The fraction of sp³-hybridized carbons (Fsp3) is 0.457. The van der Waals surface area contributed by atoms with Crippen LogP contribution in [0.2, 0.25) is 0 Å². The topological polar surface area (TPSA) is 63.3 Å². The lowest BCUT2D eigenvalue weighted by molar-refractivity contribution is -0.116. The van der Waals surface area contributed by atoms with E-state index in [9.17, 15) is 4.79 Å². The van der Waals surface area contributed by atoms with Gasteiger partial charge in [0.1, 0.15) is 12.4 Å². The first-order valence-corrected chi connectivity index (χ1v) is 15.3. The summed E-state index contributed by atoms with van der Waals surface area (Å²) in [5.74, 6) is 0.766. The normalized spacial score (nSPS) is 19.2. The van der Waals surface area contributed by atoms with Gasteiger partial charge in [-0.2, -0.15) is 0 Å². The summed E-state index contributed by atoms with van der Waals surface area (Å²) in [7, 11) is 2.15. The SMILES string of the molecule is C=C/C=C(\C)NC(=O)/C1=C/c2cc(-c3ccc(OCCOCCCC)cc3)ccc2N(CC2CN(C)CCO2)CCC1. The van der Waals surface area contributed by atoms with E-state index in [1.165, 1.54) is 0 Å². The number of allylic oxidation sites excluding steroid dienone is 3. The molecule has 0 bridgehead atoms. The molecule has 0 spiro atoms. The van der Waals surface area contributed by atoms with Crippen molar-refractivity contribution in [3.05, 3.63) is 78.0 Å². The third kappa shape index (κ3) is 9.31. The maximum atomic E-state index is 13.2. The average Bonchev–Trinajstić information content (AvgIpc) is 2.97. The van der Waals surface area contributed by atoms with Crippen LogP contribution in [0, 0.1) is 0 Å². The van der Waals surface area contributed by atoms with Crippen LogP contribution in [0.25, 0.3) is 17.2 Å². The minimum absolute atomic E-state index is 0.0622. The highest BCUT2D eigenvalue weighted by Crippen LogP contribution is 2.33. The summed E-state index contributed by atoms with van der Waals surface area (Å²) in [6, 6.07) is 14.7. The number of likely N-dealkylation sites (N-methyl/N-ethyl adjacent to an activating group) is 1. The fourth-order valence-electron chi connectivity index (χ4n) is 5.36. The van der Waals surface area contributed by atoms with Crippen LogP contribution in [0.5, 0.6) is 5.75 Å². The number of rotatable bonds is 13. The van der Waals surface area contributed by atoms with E-state index in [1.807, 2.05) is 25.1 Å². The highest BCUT2D eigenvalue weighted by molar-refractivity contribution is 6.00. The number of carbonyl (C=O) groups is 1. The van der Waals surface area contributed by atoms with E-state index in [2.05, 4.69) is 72.1 Å². The quantitative estimate of drug-likeness (QED) is 0.232. The molecule has 0 aromatic heterocycles. The number of hydrogen-bond acceptors (Lipinski definition) is 6. The molecule has 4 rings (SSSR count). The van der Waals surface area contributed by atoms with E-state index < -0.39 is 0 Å². The number of hydrogen-bond donors (Lipinski definition) is 1. The first-order valence-electron chi connectivity index (χ1n) is 15.3. The molecule has 1 unspecified atom stereocenters. The van der Waals surface area contributed by atoms with Gasteiger partial charge in [0.25, 0.3) is 5.91 Å². The molecule has 2 heterocycles. The van der Waals surface area contributed by atoms with Crippen LogP contribution >= 0.6 is 0 Å². The zero-order chi connectivity index (χ0) is 29.7. The molecule has 0 saturated carbocycles. The smallest absolute Gasteiger partial charge is 0.251 e. The Bertz CT molecular complexity index is 1240. The highest BCUT2D eigenvalue weighted by atomic mass is 16.5. The minimum Gasteiger partial charge on any atom is -0.491 e. The van der Waals surface area contributed by atoms with Crippen molar-refractivity contribution in [3.63, 3.8) is 0 Å². The van der Waals surface area contributed by atoms with Gasteiger partial charge in [-0.15, -0.1) is 0 Å². The second-order valence-electron chi connectivity index (χ2n) is 11.1. The van der Waals surface area contributed by atoms with Crippen molar-refractivity contribution in [2.75, 3.05) is 64.6 Å². The van der Waals surface area contributed by atoms with Gasteiger partial charge in [0.05, 0.1) is 19.3 Å². The van der Waals surface area contributed by atoms with Gasteiger partial charge in [-0.3, -0.25) is 4.79 Å². The van der Waals surface area contributed by atoms with Gasteiger partial charge in [0, 0.05) is 49.7 Å². The zero-order valence-electron chi connectivity index (χ0n) is 25.6. The molecule has 2 aromatic carbocycles. The lowest BCUT2D eigenvalue weighted by atomic mass is 9.96. The summed E-state index contributed by atoms with van der Waals surface area (Å²) in [6.07, 6.45) is 9.50. The van der Waals surface area contributed by atoms with Gasteiger partial charge in [-0.25, -0.2) is 0 Å². The predicted octanol–water partition coefficient (Wildman–Crippen LogP) is 6.07. The van der Waals surface area contributed by atoms with Crippen molar-refractivity contribution < 1.29 is 19.0 Å². The Hall–Kier alpha value is -3.39. The number of nitrogens with one attached hydrogen (secondary N) is 1. The first-order chi connectivity index (χ1) is 20.5. The Morgan fingerprint density at radius 3 is 2.69 bits per heavy atom. The third-order valence-corrected chi connectivity index (χ3v) is 7.63. The number of amides is 1. The Kier molecular flexibility index (Phi) is 12.2. The Balaban J connectivity index is 1.56. The molecular formula is C35H47N3O4. The maximum absolute atomic E-state index is 13.2. The van der Waals surface area contributed by atoms with Crippen LogP contribution < -0.4 is 15.0 Å². The second kappa shape index (κ2) is 16.3. The monoisotopic (exact) mass is 573 g/mol. The number of unbranched alkanes of at least 4 members (excludes halogenated alkanes) is 1. The largest absolute Gasteiger partial charge is 0.491 e. The number of anilines is 1. The molecule has 0 aliphatic carbocycles. The number of benzene rings is 2. The van der Waals surface area contributed by atoms with E-state index in [4.69, 9.17) is 14.2 Å². The van der Waals surface area contributed by atoms with Crippen molar-refractivity contribution in [2.24, 2.45) is 0 Å². The van der Waals surface area contributed by atoms with Crippen LogP contribution in [-0.4, -0.2) is 76.6 Å². The van der Waals surface area contributed by atoms with Crippen LogP contribution in [-0.2, 0) is 14.3 Å². The number of nitrogens with zero attached hydrogens (tertiary/aromatic N) is 2. The molecule has 2 aliphatic heterocycles. The van der Waals surface area contributed by atoms with Crippen molar-refractivity contribution >= 4 is 17.7 Å². The molecule has 226 valence electrons. The van der Waals surface area contributed by atoms with Crippen LogP contribution in [0.3, 0.4) is 0 Å². The highest BCUT2D eigenvalue weighted by Gasteiger charge is 2.24. The van der Waals surface area contributed by atoms with Gasteiger partial charge in [0.15, 0.2) is 0 Å². The van der Waals surface area contributed by atoms with E-state index in [0.29, 0.717) is 19.6 Å². The molecule has 7 heteroatoms.